The average Bonchev–Trinajstić information content (AvgIpc) is 2.67. The van der Waals surface area contributed by atoms with Crippen molar-refractivity contribution in [2.75, 3.05) is 46.3 Å². The lowest BCUT2D eigenvalue weighted by Gasteiger charge is -2.38. The largest absolute Gasteiger partial charge is 0.339 e. The zero-order valence-electron chi connectivity index (χ0n) is 16.1. The lowest BCUT2D eigenvalue weighted by atomic mass is 9.95. The van der Waals surface area contributed by atoms with E-state index in [9.17, 15) is 9.59 Å². The maximum Gasteiger partial charge on any atom is 0.272 e. The molecule has 2 saturated heterocycles. The predicted octanol–water partition coefficient (Wildman–Crippen LogP) is 1.83. The van der Waals surface area contributed by atoms with Crippen molar-refractivity contribution in [2.45, 2.75) is 32.6 Å². The van der Waals surface area contributed by atoms with Gasteiger partial charge in [-0.25, -0.2) is 0 Å². The van der Waals surface area contributed by atoms with Crippen LogP contribution in [-0.4, -0.2) is 77.8 Å². The molecule has 0 unspecified atom stereocenters. The van der Waals surface area contributed by atoms with Crippen molar-refractivity contribution < 1.29 is 9.59 Å². The molecule has 26 heavy (non-hydrogen) atoms. The van der Waals surface area contributed by atoms with E-state index in [2.05, 4.69) is 30.8 Å². The van der Waals surface area contributed by atoms with E-state index in [0.717, 1.165) is 31.5 Å². The fraction of sp³-hybridized carbons (Fsp3) is 0.650. The quantitative estimate of drug-likeness (QED) is 0.827. The average molecular weight is 358 g/mol. The number of rotatable bonds is 3. The van der Waals surface area contributed by atoms with E-state index in [1.165, 1.54) is 0 Å². The van der Waals surface area contributed by atoms with Crippen molar-refractivity contribution in [3.05, 3.63) is 29.6 Å². The highest BCUT2D eigenvalue weighted by Crippen LogP contribution is 2.20. The Bertz CT molecular complexity index is 628. The highest BCUT2D eigenvalue weighted by Gasteiger charge is 2.31. The Balaban J connectivity index is 1.53. The van der Waals surface area contributed by atoms with Crippen molar-refractivity contribution in [1.29, 1.82) is 0 Å². The van der Waals surface area contributed by atoms with Crippen molar-refractivity contribution in [1.82, 2.24) is 19.7 Å². The van der Waals surface area contributed by atoms with Crippen LogP contribution in [0.5, 0.6) is 0 Å². The van der Waals surface area contributed by atoms with Crippen molar-refractivity contribution in [3.8, 4) is 0 Å². The molecule has 6 nitrogen and oxygen atoms in total. The van der Waals surface area contributed by atoms with Crippen LogP contribution in [0.1, 0.15) is 48.7 Å². The SMILES string of the molecule is CC(C)c1ccc(C(=O)N2CCN(C(=O)C3CCN(C)CC3)CC2)nc1. The molecule has 1 aromatic heterocycles. The third-order valence-electron chi connectivity index (χ3n) is 5.62. The zero-order valence-corrected chi connectivity index (χ0v) is 16.1. The van der Waals surface area contributed by atoms with Crippen LogP contribution in [0.3, 0.4) is 0 Å². The van der Waals surface area contributed by atoms with E-state index in [1.54, 1.807) is 6.20 Å². The standard InChI is InChI=1S/C20H30N4O2/c1-15(2)17-4-5-18(21-14-17)20(26)24-12-10-23(11-13-24)19(25)16-6-8-22(3)9-7-16/h4-5,14-16H,6-13H2,1-3H3. The van der Waals surface area contributed by atoms with Crippen LogP contribution in [0.25, 0.3) is 0 Å². The van der Waals surface area contributed by atoms with Gasteiger partial charge in [0.2, 0.25) is 5.91 Å². The van der Waals surface area contributed by atoms with E-state index in [0.29, 0.717) is 37.8 Å². The molecule has 0 spiro atoms. The van der Waals surface area contributed by atoms with Crippen LogP contribution in [0, 0.1) is 5.92 Å². The summed E-state index contributed by atoms with van der Waals surface area (Å²) >= 11 is 0. The molecule has 2 amide bonds. The summed E-state index contributed by atoms with van der Waals surface area (Å²) in [5.74, 6) is 0.788. The molecule has 142 valence electrons. The van der Waals surface area contributed by atoms with Crippen LogP contribution in [0.2, 0.25) is 0 Å². The summed E-state index contributed by atoms with van der Waals surface area (Å²) in [6.07, 6.45) is 3.68. The van der Waals surface area contributed by atoms with Gasteiger partial charge in [-0.05, 0) is 50.5 Å². The highest BCUT2D eigenvalue weighted by atomic mass is 16.2. The monoisotopic (exact) mass is 358 g/mol. The van der Waals surface area contributed by atoms with Crippen LogP contribution >= 0.6 is 0 Å². The van der Waals surface area contributed by atoms with Gasteiger partial charge in [0, 0.05) is 38.3 Å². The van der Waals surface area contributed by atoms with Gasteiger partial charge in [0.25, 0.3) is 5.91 Å². The summed E-state index contributed by atoms with van der Waals surface area (Å²) in [5.41, 5.74) is 1.62. The number of piperidine rings is 1. The van der Waals surface area contributed by atoms with Gasteiger partial charge in [0.15, 0.2) is 0 Å². The van der Waals surface area contributed by atoms with Crippen molar-refractivity contribution >= 4 is 11.8 Å². The van der Waals surface area contributed by atoms with E-state index in [-0.39, 0.29) is 17.7 Å². The summed E-state index contributed by atoms with van der Waals surface area (Å²) in [5, 5.41) is 0. The summed E-state index contributed by atoms with van der Waals surface area (Å²) < 4.78 is 0. The Hall–Kier alpha value is -1.95. The Morgan fingerprint density at radius 2 is 1.62 bits per heavy atom. The molecule has 0 N–H and O–H groups in total. The predicted molar refractivity (Wildman–Crippen MR) is 101 cm³/mol. The van der Waals surface area contributed by atoms with Gasteiger partial charge >= 0.3 is 0 Å². The molecule has 2 aliphatic rings. The Morgan fingerprint density at radius 3 is 2.15 bits per heavy atom. The highest BCUT2D eigenvalue weighted by molar-refractivity contribution is 5.92. The third-order valence-corrected chi connectivity index (χ3v) is 5.62. The Morgan fingerprint density at radius 1 is 1.00 bits per heavy atom. The second-order valence-corrected chi connectivity index (χ2v) is 7.83. The van der Waals surface area contributed by atoms with E-state index >= 15 is 0 Å². The molecule has 6 heteroatoms. The molecule has 0 aliphatic carbocycles. The second kappa shape index (κ2) is 8.16. The molecule has 0 atom stereocenters. The summed E-state index contributed by atoms with van der Waals surface area (Å²) in [4.78, 5) is 35.7. The lowest BCUT2D eigenvalue weighted by Crippen LogP contribution is -2.52. The number of hydrogen-bond donors (Lipinski definition) is 0. The van der Waals surface area contributed by atoms with Crippen LogP contribution in [-0.2, 0) is 4.79 Å². The van der Waals surface area contributed by atoms with Crippen LogP contribution < -0.4 is 0 Å². The normalized spacial score (nSPS) is 19.8. The second-order valence-electron chi connectivity index (χ2n) is 7.83. The summed E-state index contributed by atoms with van der Waals surface area (Å²) in [6, 6.07) is 3.79. The molecular formula is C20H30N4O2. The molecule has 2 aliphatic heterocycles. The topological polar surface area (TPSA) is 56.8 Å². The maximum absolute atomic E-state index is 12.7. The summed E-state index contributed by atoms with van der Waals surface area (Å²) in [7, 11) is 2.10. The third kappa shape index (κ3) is 4.23. The molecule has 0 bridgehead atoms. The molecule has 0 aromatic carbocycles. The number of amides is 2. The molecule has 2 fully saturated rings. The Kier molecular flexibility index (Phi) is 5.91. The molecule has 1 aromatic rings. The van der Waals surface area contributed by atoms with E-state index < -0.39 is 0 Å². The number of nitrogens with zero attached hydrogens (tertiary/aromatic N) is 4. The first-order valence-electron chi connectivity index (χ1n) is 9.68. The molecule has 3 heterocycles. The smallest absolute Gasteiger partial charge is 0.272 e. The fourth-order valence-electron chi connectivity index (χ4n) is 3.68. The Labute approximate surface area is 156 Å². The number of carbonyl (C=O) groups is 2. The fourth-order valence-corrected chi connectivity index (χ4v) is 3.68. The number of aromatic nitrogens is 1. The van der Waals surface area contributed by atoms with Gasteiger partial charge < -0.3 is 14.7 Å². The van der Waals surface area contributed by atoms with Crippen LogP contribution in [0.4, 0.5) is 0 Å². The minimum absolute atomic E-state index is 0.0355. The van der Waals surface area contributed by atoms with Gasteiger partial charge in [0.05, 0.1) is 0 Å². The van der Waals surface area contributed by atoms with Crippen LogP contribution in [0.15, 0.2) is 18.3 Å². The van der Waals surface area contributed by atoms with E-state index in [1.807, 2.05) is 21.9 Å². The minimum atomic E-state index is -0.0355. The lowest BCUT2D eigenvalue weighted by molar-refractivity contribution is -0.138. The van der Waals surface area contributed by atoms with Gasteiger partial charge in [-0.1, -0.05) is 19.9 Å². The molecule has 0 radical (unpaired) electrons. The number of piperazine rings is 1. The van der Waals surface area contributed by atoms with Crippen molar-refractivity contribution in [3.63, 3.8) is 0 Å². The first-order valence-corrected chi connectivity index (χ1v) is 9.68. The number of likely N-dealkylation sites (tertiary alicyclic amines) is 1. The summed E-state index contributed by atoms with van der Waals surface area (Å²) in [6.45, 7) is 8.63. The van der Waals surface area contributed by atoms with Gasteiger partial charge in [-0.3, -0.25) is 14.6 Å². The molecule has 3 rings (SSSR count). The van der Waals surface area contributed by atoms with Gasteiger partial charge in [-0.15, -0.1) is 0 Å². The number of carbonyl (C=O) groups excluding carboxylic acids is 2. The first kappa shape index (κ1) is 18.8. The van der Waals surface area contributed by atoms with Gasteiger partial charge in [0.1, 0.15) is 5.69 Å². The van der Waals surface area contributed by atoms with E-state index in [4.69, 9.17) is 0 Å². The number of hydrogen-bond acceptors (Lipinski definition) is 4. The first-order chi connectivity index (χ1) is 12.5. The minimum Gasteiger partial charge on any atom is -0.339 e. The molecular weight excluding hydrogens is 328 g/mol. The van der Waals surface area contributed by atoms with Crippen molar-refractivity contribution in [2.24, 2.45) is 5.92 Å². The maximum atomic E-state index is 12.7. The zero-order chi connectivity index (χ0) is 18.7. The molecule has 0 saturated carbocycles. The number of pyridine rings is 1. The van der Waals surface area contributed by atoms with Gasteiger partial charge in [-0.2, -0.15) is 0 Å².